The number of esters is 1. The van der Waals surface area contributed by atoms with Crippen molar-refractivity contribution in [1.29, 1.82) is 0 Å². The molecule has 1 aromatic rings. The molecule has 0 aliphatic rings. The number of hydrogen-bond acceptors (Lipinski definition) is 4. The summed E-state index contributed by atoms with van der Waals surface area (Å²) >= 11 is 0. The Hall–Kier alpha value is -2.11. The molecule has 1 rings (SSSR count). The van der Waals surface area contributed by atoms with Crippen molar-refractivity contribution in [3.8, 4) is 0 Å². The zero-order chi connectivity index (χ0) is 15.0. The highest BCUT2D eigenvalue weighted by atomic mass is 19.1. The first-order valence-corrected chi connectivity index (χ1v) is 6.18. The number of rotatable bonds is 7. The fourth-order valence-corrected chi connectivity index (χ4v) is 1.76. The van der Waals surface area contributed by atoms with Crippen LogP contribution in [0.1, 0.15) is 23.6 Å². The Labute approximate surface area is 116 Å². The van der Waals surface area contributed by atoms with Crippen molar-refractivity contribution in [3.05, 3.63) is 45.6 Å². The average Bonchev–Trinajstić information content (AvgIpc) is 2.45. The van der Waals surface area contributed by atoms with Crippen LogP contribution >= 0.6 is 0 Å². The summed E-state index contributed by atoms with van der Waals surface area (Å²) in [5.41, 5.74) is 9.26. The number of ether oxygens (including phenoxy) is 1. The van der Waals surface area contributed by atoms with Crippen LogP contribution in [-0.2, 0) is 9.53 Å². The van der Waals surface area contributed by atoms with Gasteiger partial charge in [0.1, 0.15) is 11.9 Å². The van der Waals surface area contributed by atoms with E-state index in [4.69, 9.17) is 5.53 Å². The molecule has 1 aromatic carbocycles. The van der Waals surface area contributed by atoms with Crippen LogP contribution < -0.4 is 5.32 Å². The number of carbonyl (C=O) groups excluding carboxylic acids is 1. The SMILES string of the molecule is COC(=O)C(NCCCN=[N+]=[N-])c1cc(C)ccc1F. The van der Waals surface area contributed by atoms with Gasteiger partial charge >= 0.3 is 5.97 Å². The fourth-order valence-electron chi connectivity index (χ4n) is 1.76. The van der Waals surface area contributed by atoms with E-state index in [0.29, 0.717) is 19.5 Å². The predicted molar refractivity (Wildman–Crippen MR) is 72.5 cm³/mol. The molecule has 0 saturated carbocycles. The summed E-state index contributed by atoms with van der Waals surface area (Å²) in [5, 5.41) is 6.30. The molecule has 0 amide bonds. The van der Waals surface area contributed by atoms with Crippen molar-refractivity contribution in [2.75, 3.05) is 20.2 Å². The Bertz CT molecular complexity index is 515. The molecular formula is C13H17FN4O2. The molecule has 1 atom stereocenters. The molecule has 0 radical (unpaired) electrons. The molecule has 0 bridgehead atoms. The third kappa shape index (κ3) is 4.53. The lowest BCUT2D eigenvalue weighted by atomic mass is 10.0. The minimum atomic E-state index is -0.869. The Balaban J connectivity index is 2.81. The maximum absolute atomic E-state index is 13.8. The Kier molecular flexibility index (Phi) is 6.49. The number of nitrogens with zero attached hydrogens (tertiary/aromatic N) is 3. The first kappa shape index (κ1) is 15.9. The van der Waals surface area contributed by atoms with Gasteiger partial charge in [0.25, 0.3) is 0 Å². The van der Waals surface area contributed by atoms with Gasteiger partial charge in [-0.3, -0.25) is 0 Å². The van der Waals surface area contributed by atoms with Gasteiger partial charge in [-0.05, 0) is 31.5 Å². The maximum Gasteiger partial charge on any atom is 0.327 e. The first-order chi connectivity index (χ1) is 9.60. The molecule has 0 aromatic heterocycles. The number of hydrogen-bond donors (Lipinski definition) is 1. The number of methoxy groups -OCH3 is 1. The molecule has 20 heavy (non-hydrogen) atoms. The van der Waals surface area contributed by atoms with Crippen molar-refractivity contribution in [1.82, 2.24) is 5.32 Å². The van der Waals surface area contributed by atoms with E-state index in [0.717, 1.165) is 5.56 Å². The Morgan fingerprint density at radius 2 is 2.35 bits per heavy atom. The summed E-state index contributed by atoms with van der Waals surface area (Å²) in [7, 11) is 1.25. The molecule has 6 nitrogen and oxygen atoms in total. The van der Waals surface area contributed by atoms with Crippen LogP contribution in [0.5, 0.6) is 0 Å². The highest BCUT2D eigenvalue weighted by molar-refractivity contribution is 5.77. The smallest absolute Gasteiger partial charge is 0.327 e. The highest BCUT2D eigenvalue weighted by Gasteiger charge is 2.23. The zero-order valence-corrected chi connectivity index (χ0v) is 11.5. The minimum absolute atomic E-state index is 0.251. The number of halogens is 1. The van der Waals surface area contributed by atoms with Gasteiger partial charge in [-0.15, -0.1) is 0 Å². The summed E-state index contributed by atoms with van der Waals surface area (Å²) in [5.74, 6) is -1.02. The van der Waals surface area contributed by atoms with Crippen LogP contribution in [0.3, 0.4) is 0 Å². The second-order valence-electron chi connectivity index (χ2n) is 4.24. The number of carbonyl (C=O) groups is 1. The van der Waals surface area contributed by atoms with E-state index in [2.05, 4.69) is 20.1 Å². The summed E-state index contributed by atoms with van der Waals surface area (Å²) in [6, 6.07) is 3.69. The standard InChI is InChI=1S/C13H17FN4O2/c1-9-4-5-11(14)10(8-9)12(13(19)20-2)16-6-3-7-17-18-15/h4-5,8,12,16H,3,6-7H2,1-2H3. The number of nitrogens with one attached hydrogen (secondary N) is 1. The van der Waals surface area contributed by atoms with Crippen molar-refractivity contribution < 1.29 is 13.9 Å². The molecule has 7 heteroatoms. The quantitative estimate of drug-likeness (QED) is 0.274. The van der Waals surface area contributed by atoms with Gasteiger partial charge in [-0.1, -0.05) is 22.8 Å². The van der Waals surface area contributed by atoms with Gasteiger partial charge in [-0.2, -0.15) is 0 Å². The summed E-state index contributed by atoms with van der Waals surface area (Å²) in [6.45, 7) is 2.54. The van der Waals surface area contributed by atoms with E-state index < -0.39 is 17.8 Å². The molecule has 0 fully saturated rings. The lowest BCUT2D eigenvalue weighted by molar-refractivity contribution is -0.143. The van der Waals surface area contributed by atoms with E-state index in [1.807, 2.05) is 6.92 Å². The van der Waals surface area contributed by atoms with E-state index in [9.17, 15) is 9.18 Å². The van der Waals surface area contributed by atoms with E-state index in [-0.39, 0.29) is 5.56 Å². The van der Waals surface area contributed by atoms with Gasteiger partial charge in [0, 0.05) is 17.0 Å². The van der Waals surface area contributed by atoms with Crippen LogP contribution in [0, 0.1) is 12.7 Å². The first-order valence-electron chi connectivity index (χ1n) is 6.18. The molecule has 0 spiro atoms. The fraction of sp³-hybridized carbons (Fsp3) is 0.462. The third-order valence-corrected chi connectivity index (χ3v) is 2.75. The summed E-state index contributed by atoms with van der Waals surface area (Å²) in [6.07, 6.45) is 0.547. The monoisotopic (exact) mass is 280 g/mol. The van der Waals surface area contributed by atoms with Gasteiger partial charge in [0.2, 0.25) is 0 Å². The number of benzene rings is 1. The normalized spacial score (nSPS) is 11.6. The molecule has 1 unspecified atom stereocenters. The highest BCUT2D eigenvalue weighted by Crippen LogP contribution is 2.20. The lowest BCUT2D eigenvalue weighted by Gasteiger charge is -2.17. The van der Waals surface area contributed by atoms with Crippen LogP contribution in [0.4, 0.5) is 4.39 Å². The van der Waals surface area contributed by atoms with Crippen LogP contribution in [0.2, 0.25) is 0 Å². The van der Waals surface area contributed by atoms with Crippen molar-refractivity contribution in [2.24, 2.45) is 5.11 Å². The predicted octanol–water partition coefficient (Wildman–Crippen LogP) is 2.64. The average molecular weight is 280 g/mol. The molecule has 108 valence electrons. The van der Waals surface area contributed by atoms with Crippen molar-refractivity contribution in [3.63, 3.8) is 0 Å². The lowest BCUT2D eigenvalue weighted by Crippen LogP contribution is -2.31. The maximum atomic E-state index is 13.8. The van der Waals surface area contributed by atoms with Crippen LogP contribution in [-0.4, -0.2) is 26.2 Å². The zero-order valence-electron chi connectivity index (χ0n) is 11.5. The third-order valence-electron chi connectivity index (χ3n) is 2.75. The number of azide groups is 1. The Morgan fingerprint density at radius 3 is 3.00 bits per heavy atom. The molecule has 1 N–H and O–H groups in total. The van der Waals surface area contributed by atoms with Crippen LogP contribution in [0.15, 0.2) is 23.3 Å². The molecule has 0 aliphatic heterocycles. The van der Waals surface area contributed by atoms with Gasteiger partial charge in [0.05, 0.1) is 7.11 Å². The number of aryl methyl sites for hydroxylation is 1. The van der Waals surface area contributed by atoms with Gasteiger partial charge in [-0.25, -0.2) is 9.18 Å². The molecular weight excluding hydrogens is 263 g/mol. The van der Waals surface area contributed by atoms with E-state index >= 15 is 0 Å². The molecule has 0 heterocycles. The van der Waals surface area contributed by atoms with Crippen molar-refractivity contribution >= 4 is 5.97 Å². The summed E-state index contributed by atoms with van der Waals surface area (Å²) < 4.78 is 18.5. The largest absolute Gasteiger partial charge is 0.468 e. The molecule has 0 saturated heterocycles. The summed E-state index contributed by atoms with van der Waals surface area (Å²) in [4.78, 5) is 14.4. The van der Waals surface area contributed by atoms with Gasteiger partial charge in [0.15, 0.2) is 0 Å². The molecule has 0 aliphatic carbocycles. The van der Waals surface area contributed by atoms with Crippen molar-refractivity contribution in [2.45, 2.75) is 19.4 Å². The van der Waals surface area contributed by atoms with Crippen LogP contribution in [0.25, 0.3) is 10.4 Å². The Morgan fingerprint density at radius 1 is 1.60 bits per heavy atom. The van der Waals surface area contributed by atoms with E-state index in [1.54, 1.807) is 12.1 Å². The second-order valence-corrected chi connectivity index (χ2v) is 4.24. The van der Waals surface area contributed by atoms with Gasteiger partial charge < -0.3 is 10.1 Å². The second kappa shape index (κ2) is 8.14. The topological polar surface area (TPSA) is 87.1 Å². The van der Waals surface area contributed by atoms with E-state index in [1.165, 1.54) is 13.2 Å². The minimum Gasteiger partial charge on any atom is -0.468 e.